The van der Waals surface area contributed by atoms with Gasteiger partial charge in [0.2, 0.25) is 0 Å². The number of hydrogen-bond donors (Lipinski definition) is 0. The molecule has 0 saturated carbocycles. The zero-order valence-electron chi connectivity index (χ0n) is 7.61. The van der Waals surface area contributed by atoms with E-state index in [0.29, 0.717) is 6.61 Å². The minimum atomic E-state index is 0.578. The third-order valence-corrected chi connectivity index (χ3v) is 3.79. The molecule has 2 aromatic heterocycles. The van der Waals surface area contributed by atoms with E-state index in [1.54, 1.807) is 23.7 Å². The number of hydrogen-bond acceptors (Lipinski definition) is 3. The Morgan fingerprint density at radius 3 is 2.73 bits per heavy atom. The lowest BCUT2D eigenvalue weighted by Gasteiger charge is -2.03. The van der Waals surface area contributed by atoms with Gasteiger partial charge in [-0.2, -0.15) is 0 Å². The number of pyridine rings is 1. The van der Waals surface area contributed by atoms with E-state index in [1.165, 1.54) is 4.88 Å². The van der Waals surface area contributed by atoms with Crippen molar-refractivity contribution in [2.24, 2.45) is 0 Å². The molecule has 78 valence electrons. The van der Waals surface area contributed by atoms with Crippen LogP contribution in [0, 0.1) is 0 Å². The number of ether oxygens (including phenoxy) is 1. The first kappa shape index (κ1) is 11.1. The second-order valence-corrected chi connectivity index (χ2v) is 5.69. The summed E-state index contributed by atoms with van der Waals surface area (Å²) < 4.78 is 7.60. The maximum Gasteiger partial charge on any atom is 0.139 e. The molecule has 0 amide bonds. The highest BCUT2D eigenvalue weighted by molar-refractivity contribution is 9.10. The molecule has 0 fully saturated rings. The lowest BCUT2D eigenvalue weighted by atomic mass is 10.4. The van der Waals surface area contributed by atoms with Gasteiger partial charge in [0.05, 0.1) is 6.20 Å². The van der Waals surface area contributed by atoms with E-state index in [9.17, 15) is 0 Å². The molecule has 0 spiro atoms. The van der Waals surface area contributed by atoms with E-state index in [-0.39, 0.29) is 0 Å². The summed E-state index contributed by atoms with van der Waals surface area (Å²) in [5.41, 5.74) is 0. The smallest absolute Gasteiger partial charge is 0.139 e. The predicted molar refractivity (Wildman–Crippen MR) is 68.3 cm³/mol. The Morgan fingerprint density at radius 1 is 1.20 bits per heavy atom. The molecule has 2 heterocycles. The molecular weight excluding hydrogens is 342 g/mol. The molecular formula is C10H7Br2NOS. The highest BCUT2D eigenvalue weighted by Gasteiger charge is 2.00. The zero-order chi connectivity index (χ0) is 10.7. The van der Waals surface area contributed by atoms with E-state index in [0.717, 1.165) is 14.7 Å². The highest BCUT2D eigenvalue weighted by atomic mass is 79.9. The summed E-state index contributed by atoms with van der Waals surface area (Å²) in [6.07, 6.45) is 3.43. The maximum atomic E-state index is 5.58. The molecule has 0 aliphatic heterocycles. The molecule has 0 aromatic carbocycles. The van der Waals surface area contributed by atoms with Crippen LogP contribution in [0.4, 0.5) is 0 Å². The van der Waals surface area contributed by atoms with Crippen LogP contribution in [0.1, 0.15) is 4.88 Å². The van der Waals surface area contributed by atoms with Crippen molar-refractivity contribution in [3.63, 3.8) is 0 Å². The average Bonchev–Trinajstić information content (AvgIpc) is 2.62. The summed E-state index contributed by atoms with van der Waals surface area (Å²) in [6.45, 7) is 0.578. The third-order valence-electron chi connectivity index (χ3n) is 1.68. The molecule has 5 heteroatoms. The van der Waals surface area contributed by atoms with Crippen molar-refractivity contribution in [2.45, 2.75) is 6.61 Å². The van der Waals surface area contributed by atoms with E-state index >= 15 is 0 Å². The van der Waals surface area contributed by atoms with Gasteiger partial charge in [-0.05, 0) is 44.0 Å². The predicted octanol–water partition coefficient (Wildman–Crippen LogP) is 4.25. The Morgan fingerprint density at radius 2 is 2.07 bits per heavy atom. The fourth-order valence-electron chi connectivity index (χ4n) is 1.06. The number of nitrogens with zero attached hydrogens (tertiary/aromatic N) is 1. The lowest BCUT2D eigenvalue weighted by Crippen LogP contribution is -1.93. The summed E-state index contributed by atoms with van der Waals surface area (Å²) in [4.78, 5) is 5.21. The summed E-state index contributed by atoms with van der Waals surface area (Å²) in [7, 11) is 0. The topological polar surface area (TPSA) is 22.1 Å². The average molecular weight is 349 g/mol. The normalized spacial score (nSPS) is 10.3. The van der Waals surface area contributed by atoms with Gasteiger partial charge >= 0.3 is 0 Å². The van der Waals surface area contributed by atoms with Crippen molar-refractivity contribution in [1.82, 2.24) is 4.98 Å². The number of thiophene rings is 1. The summed E-state index contributed by atoms with van der Waals surface area (Å²) in [6, 6.07) is 3.95. The number of halogens is 2. The summed E-state index contributed by atoms with van der Waals surface area (Å²) in [5.74, 6) is 0.772. The molecule has 0 aliphatic carbocycles. The van der Waals surface area contributed by atoms with Gasteiger partial charge in [-0.25, -0.2) is 0 Å². The highest BCUT2D eigenvalue weighted by Crippen LogP contribution is 2.22. The molecule has 2 nitrogen and oxygen atoms in total. The fraction of sp³-hybridized carbons (Fsp3) is 0.100. The first-order valence-electron chi connectivity index (χ1n) is 4.20. The van der Waals surface area contributed by atoms with Gasteiger partial charge in [0.1, 0.15) is 12.4 Å². The largest absolute Gasteiger partial charge is 0.486 e. The van der Waals surface area contributed by atoms with Crippen molar-refractivity contribution in [2.75, 3.05) is 0 Å². The van der Waals surface area contributed by atoms with Gasteiger partial charge < -0.3 is 4.74 Å². The van der Waals surface area contributed by atoms with Crippen LogP contribution in [0.5, 0.6) is 5.75 Å². The lowest BCUT2D eigenvalue weighted by molar-refractivity contribution is 0.308. The van der Waals surface area contributed by atoms with Crippen LogP contribution >= 0.6 is 43.2 Å². The van der Waals surface area contributed by atoms with E-state index < -0.39 is 0 Å². The van der Waals surface area contributed by atoms with Gasteiger partial charge in [-0.15, -0.1) is 11.3 Å². The molecule has 0 bridgehead atoms. The minimum Gasteiger partial charge on any atom is -0.486 e. The maximum absolute atomic E-state index is 5.58. The van der Waals surface area contributed by atoms with E-state index in [4.69, 9.17) is 4.74 Å². The molecule has 2 rings (SSSR count). The van der Waals surface area contributed by atoms with Crippen LogP contribution in [0.25, 0.3) is 0 Å². The van der Waals surface area contributed by atoms with Crippen LogP contribution in [-0.4, -0.2) is 4.98 Å². The molecule has 0 N–H and O–H groups in total. The molecule has 0 atom stereocenters. The third kappa shape index (κ3) is 3.29. The second-order valence-electron chi connectivity index (χ2n) is 2.86. The summed E-state index contributed by atoms with van der Waals surface area (Å²) >= 11 is 8.42. The van der Waals surface area contributed by atoms with Crippen LogP contribution < -0.4 is 4.74 Å². The number of aromatic nitrogens is 1. The molecule has 2 aromatic rings. The van der Waals surface area contributed by atoms with Crippen molar-refractivity contribution in [3.8, 4) is 5.75 Å². The van der Waals surface area contributed by atoms with Crippen molar-refractivity contribution in [3.05, 3.63) is 43.7 Å². The summed E-state index contributed by atoms with van der Waals surface area (Å²) in [5, 5.41) is 2.04. The zero-order valence-corrected chi connectivity index (χ0v) is 11.6. The molecule has 0 unspecified atom stereocenters. The molecule has 0 radical (unpaired) electrons. The first-order valence-corrected chi connectivity index (χ1v) is 6.67. The quantitative estimate of drug-likeness (QED) is 0.827. The van der Waals surface area contributed by atoms with E-state index in [1.807, 2.05) is 11.4 Å². The minimum absolute atomic E-state index is 0.578. The Kier molecular flexibility index (Phi) is 3.77. The first-order chi connectivity index (χ1) is 7.24. The van der Waals surface area contributed by atoms with Gasteiger partial charge in [0, 0.05) is 25.4 Å². The van der Waals surface area contributed by atoms with E-state index in [2.05, 4.69) is 42.9 Å². The Bertz CT molecular complexity index is 458. The SMILES string of the molecule is Brc1cncc(OCc2cc(Br)cs2)c1. The van der Waals surface area contributed by atoms with Crippen LogP contribution in [0.2, 0.25) is 0 Å². The molecule has 0 saturated heterocycles. The second kappa shape index (κ2) is 5.09. The van der Waals surface area contributed by atoms with Gasteiger partial charge in [0.15, 0.2) is 0 Å². The van der Waals surface area contributed by atoms with Gasteiger partial charge in [0.25, 0.3) is 0 Å². The van der Waals surface area contributed by atoms with Gasteiger partial charge in [-0.1, -0.05) is 0 Å². The van der Waals surface area contributed by atoms with Crippen LogP contribution in [0.15, 0.2) is 38.9 Å². The van der Waals surface area contributed by atoms with Crippen molar-refractivity contribution < 1.29 is 4.74 Å². The fourth-order valence-corrected chi connectivity index (χ4v) is 2.76. The Balaban J connectivity index is 1.99. The monoisotopic (exact) mass is 347 g/mol. The molecule has 0 aliphatic rings. The Hall–Kier alpha value is -0.390. The van der Waals surface area contributed by atoms with Crippen LogP contribution in [-0.2, 0) is 6.61 Å². The standard InChI is InChI=1S/C10H7Br2NOS/c11-7-1-9(4-13-3-7)14-5-10-2-8(12)6-15-10/h1-4,6H,5H2. The molecule has 15 heavy (non-hydrogen) atoms. The van der Waals surface area contributed by atoms with Crippen LogP contribution in [0.3, 0.4) is 0 Å². The van der Waals surface area contributed by atoms with Crippen molar-refractivity contribution >= 4 is 43.2 Å². The van der Waals surface area contributed by atoms with Gasteiger partial charge in [-0.3, -0.25) is 4.98 Å². The Labute approximate surface area is 109 Å². The number of rotatable bonds is 3. The van der Waals surface area contributed by atoms with Crippen molar-refractivity contribution in [1.29, 1.82) is 0 Å².